The van der Waals surface area contributed by atoms with Crippen molar-refractivity contribution >= 4 is 17.7 Å². The van der Waals surface area contributed by atoms with Crippen molar-refractivity contribution in [1.29, 1.82) is 0 Å². The first-order valence-corrected chi connectivity index (χ1v) is 4.92. The molecule has 0 heterocycles. The van der Waals surface area contributed by atoms with Gasteiger partial charge in [0, 0.05) is 0 Å². The van der Waals surface area contributed by atoms with Gasteiger partial charge >= 0.3 is 6.09 Å². The zero-order chi connectivity index (χ0) is 13.4. The highest BCUT2D eigenvalue weighted by molar-refractivity contribution is 6.21. The summed E-state index contributed by atoms with van der Waals surface area (Å²) in [4.78, 5) is 10.2. The number of carbonyl (C=O) groups is 1. The molecule has 0 aromatic heterocycles. The summed E-state index contributed by atoms with van der Waals surface area (Å²) in [6.45, 7) is 2.37. The highest BCUT2D eigenvalue weighted by Gasteiger charge is 2.28. The van der Waals surface area contributed by atoms with E-state index in [1.807, 2.05) is 0 Å². The van der Waals surface area contributed by atoms with E-state index in [2.05, 4.69) is 4.74 Å². The van der Waals surface area contributed by atoms with Crippen molar-refractivity contribution in [2.45, 2.75) is 31.1 Å². The number of nitrogens with two attached hydrogens (primary N) is 2. The lowest BCUT2D eigenvalue weighted by Gasteiger charge is -2.25. The molecule has 0 aliphatic heterocycles. The second-order valence-electron chi connectivity index (χ2n) is 3.24. The third-order valence-corrected chi connectivity index (χ3v) is 1.97. The van der Waals surface area contributed by atoms with E-state index in [4.69, 9.17) is 38.4 Å². The lowest BCUT2D eigenvalue weighted by atomic mass is 10.2. The van der Waals surface area contributed by atoms with Gasteiger partial charge in [-0.05, 0) is 13.8 Å². The maximum atomic E-state index is 10.2. The van der Waals surface area contributed by atoms with Crippen molar-refractivity contribution in [2.75, 3.05) is 13.2 Å². The number of halogens is 1. The molecule has 0 saturated heterocycles. The first kappa shape index (κ1) is 17.8. The second kappa shape index (κ2) is 8.54. The van der Waals surface area contributed by atoms with Gasteiger partial charge in [0.25, 0.3) is 0 Å². The fourth-order valence-electron chi connectivity index (χ4n) is 0.356. The van der Waals surface area contributed by atoms with Gasteiger partial charge in [0.1, 0.15) is 6.10 Å². The summed E-state index contributed by atoms with van der Waals surface area (Å²) in [5.74, 6) is 0. The Balaban J connectivity index is 0. The van der Waals surface area contributed by atoms with E-state index in [9.17, 15) is 4.79 Å². The summed E-state index contributed by atoms with van der Waals surface area (Å²) in [5, 5.41) is 23.5. The van der Waals surface area contributed by atoms with Crippen LogP contribution in [0, 0.1) is 0 Å². The number of alkyl halides is 1. The van der Waals surface area contributed by atoms with E-state index >= 15 is 0 Å². The van der Waals surface area contributed by atoms with Crippen molar-refractivity contribution in [3.05, 3.63) is 0 Å². The van der Waals surface area contributed by atoms with Gasteiger partial charge in [-0.1, -0.05) is 0 Å². The van der Waals surface area contributed by atoms with Crippen LogP contribution in [0.3, 0.4) is 0 Å². The van der Waals surface area contributed by atoms with Gasteiger partial charge in [0.05, 0.1) is 18.6 Å². The van der Waals surface area contributed by atoms with E-state index in [0.717, 1.165) is 0 Å². The van der Waals surface area contributed by atoms with Crippen LogP contribution >= 0.6 is 11.6 Å². The summed E-state index contributed by atoms with van der Waals surface area (Å²) in [7, 11) is 0. The van der Waals surface area contributed by atoms with E-state index in [1.54, 1.807) is 6.92 Å². The number of primary amides is 1. The molecule has 2 atom stereocenters. The number of carbonyl (C=O) groups excluding carboxylic acids is 1. The highest BCUT2D eigenvalue weighted by atomic mass is 35.5. The summed E-state index contributed by atoms with van der Waals surface area (Å²) in [5.41, 5.74) is 8.93. The molecule has 2 unspecified atom stereocenters. The SMILES string of the molecule is CC(Cl)C(C)(N)OC(N)=O.OCC(O)CO. The van der Waals surface area contributed by atoms with Crippen LogP contribution in [0.2, 0.25) is 0 Å². The van der Waals surface area contributed by atoms with E-state index in [1.165, 1.54) is 6.92 Å². The number of aliphatic hydroxyl groups is 3. The first-order chi connectivity index (χ1) is 7.17. The Bertz CT molecular complexity index is 197. The number of ether oxygens (including phenoxy) is 1. The van der Waals surface area contributed by atoms with E-state index in [-0.39, 0.29) is 13.2 Å². The number of aliphatic hydroxyl groups excluding tert-OH is 3. The molecule has 0 radical (unpaired) electrons. The van der Waals surface area contributed by atoms with Crippen LogP contribution in [-0.2, 0) is 4.74 Å². The molecule has 0 spiro atoms. The number of hydrogen-bond donors (Lipinski definition) is 5. The van der Waals surface area contributed by atoms with Crippen LogP contribution < -0.4 is 11.5 Å². The van der Waals surface area contributed by atoms with Gasteiger partial charge in [-0.25, -0.2) is 4.79 Å². The van der Waals surface area contributed by atoms with Crippen molar-refractivity contribution in [3.63, 3.8) is 0 Å². The molecule has 7 nitrogen and oxygen atoms in total. The maximum Gasteiger partial charge on any atom is 0.406 e. The van der Waals surface area contributed by atoms with Gasteiger partial charge in [0.15, 0.2) is 5.72 Å². The average Bonchev–Trinajstić information content (AvgIpc) is 2.15. The Morgan fingerprint density at radius 3 is 1.94 bits per heavy atom. The van der Waals surface area contributed by atoms with Crippen molar-refractivity contribution in [1.82, 2.24) is 0 Å². The zero-order valence-electron chi connectivity index (χ0n) is 9.26. The van der Waals surface area contributed by atoms with Gasteiger partial charge in [-0.15, -0.1) is 11.6 Å². The monoisotopic (exact) mass is 258 g/mol. The Hall–Kier alpha value is -0.600. The molecule has 0 bridgehead atoms. The smallest absolute Gasteiger partial charge is 0.406 e. The molecular formula is C8H19ClN2O5. The highest BCUT2D eigenvalue weighted by Crippen LogP contribution is 2.13. The van der Waals surface area contributed by atoms with Crippen LogP contribution in [0.4, 0.5) is 4.79 Å². The molecule has 1 amide bonds. The van der Waals surface area contributed by atoms with Gasteiger partial charge in [-0.3, -0.25) is 5.73 Å². The molecular weight excluding hydrogens is 240 g/mol. The summed E-state index contributed by atoms with van der Waals surface area (Å²) in [6, 6.07) is 0. The molecule has 0 aromatic carbocycles. The lowest BCUT2D eigenvalue weighted by molar-refractivity contribution is 0.0360. The lowest BCUT2D eigenvalue weighted by Crippen LogP contribution is -2.49. The van der Waals surface area contributed by atoms with Crippen LogP contribution in [0.15, 0.2) is 0 Å². The molecule has 16 heavy (non-hydrogen) atoms. The molecule has 0 rings (SSSR count). The predicted octanol–water partition coefficient (Wildman–Crippen LogP) is -1.28. The normalized spacial score (nSPS) is 15.8. The molecule has 0 aliphatic carbocycles. The van der Waals surface area contributed by atoms with E-state index < -0.39 is 23.3 Å². The molecule has 0 aliphatic rings. The predicted molar refractivity (Wildman–Crippen MR) is 58.8 cm³/mol. The fourth-order valence-corrected chi connectivity index (χ4v) is 0.400. The Kier molecular flexibility index (Phi) is 9.49. The number of amides is 1. The fraction of sp³-hybridized carbons (Fsp3) is 0.875. The van der Waals surface area contributed by atoms with Crippen molar-refractivity contribution in [3.8, 4) is 0 Å². The molecule has 0 fully saturated rings. The summed E-state index contributed by atoms with van der Waals surface area (Å²) in [6.07, 6.45) is -1.87. The third kappa shape index (κ3) is 9.94. The molecule has 98 valence electrons. The third-order valence-electron chi connectivity index (χ3n) is 1.53. The number of hydrogen-bond acceptors (Lipinski definition) is 6. The first-order valence-electron chi connectivity index (χ1n) is 4.48. The van der Waals surface area contributed by atoms with Crippen LogP contribution in [0.5, 0.6) is 0 Å². The zero-order valence-corrected chi connectivity index (χ0v) is 10.0. The minimum Gasteiger partial charge on any atom is -0.427 e. The summed E-state index contributed by atoms with van der Waals surface area (Å²) < 4.78 is 4.48. The average molecular weight is 259 g/mol. The Labute approximate surface area is 98.9 Å². The molecule has 0 aromatic rings. The molecule has 7 N–H and O–H groups in total. The minimum absolute atomic E-state index is 0.365. The van der Waals surface area contributed by atoms with Gasteiger partial charge < -0.3 is 25.8 Å². The van der Waals surface area contributed by atoms with Crippen molar-refractivity contribution < 1.29 is 24.9 Å². The van der Waals surface area contributed by atoms with Gasteiger partial charge in [-0.2, -0.15) is 0 Å². The quantitative estimate of drug-likeness (QED) is 0.314. The Morgan fingerprint density at radius 1 is 1.50 bits per heavy atom. The minimum atomic E-state index is -1.19. The van der Waals surface area contributed by atoms with Crippen LogP contribution in [0.1, 0.15) is 13.8 Å². The van der Waals surface area contributed by atoms with Gasteiger partial charge in [0.2, 0.25) is 0 Å². The number of rotatable bonds is 4. The van der Waals surface area contributed by atoms with E-state index in [0.29, 0.717) is 0 Å². The van der Waals surface area contributed by atoms with Crippen LogP contribution in [0.25, 0.3) is 0 Å². The molecule has 0 saturated carbocycles. The summed E-state index contributed by atoms with van der Waals surface area (Å²) >= 11 is 5.56. The second-order valence-corrected chi connectivity index (χ2v) is 3.89. The Morgan fingerprint density at radius 2 is 1.88 bits per heavy atom. The standard InChI is InChI=1S/C5H11ClN2O2.C3H8O3/c1-3(6)5(2,8)10-4(7)9;4-1-3(6)2-5/h3H,8H2,1-2H3,(H2,7,9);3-6H,1-2H2. The van der Waals surface area contributed by atoms with Crippen molar-refractivity contribution in [2.24, 2.45) is 11.5 Å². The largest absolute Gasteiger partial charge is 0.427 e. The topological polar surface area (TPSA) is 139 Å². The molecule has 8 heteroatoms. The maximum absolute atomic E-state index is 10.2. The van der Waals surface area contributed by atoms with Crippen LogP contribution in [-0.4, -0.2) is 51.8 Å².